The molecule has 0 aliphatic carbocycles. The molecule has 2 heterocycles. The Morgan fingerprint density at radius 2 is 1.65 bits per heavy atom. The highest BCUT2D eigenvalue weighted by atomic mass is 15.1. The SMILES string of the molecule is c1cnc(Nc2ccc3ccccc3n2)nc1. The summed E-state index contributed by atoms with van der Waals surface area (Å²) in [6.07, 6.45) is 3.38. The van der Waals surface area contributed by atoms with Gasteiger partial charge in [-0.15, -0.1) is 0 Å². The molecule has 1 N–H and O–H groups in total. The number of pyridine rings is 1. The lowest BCUT2D eigenvalue weighted by Crippen LogP contribution is -1.97. The van der Waals surface area contributed by atoms with Gasteiger partial charge >= 0.3 is 0 Å². The van der Waals surface area contributed by atoms with Gasteiger partial charge in [0.1, 0.15) is 5.82 Å². The molecule has 4 nitrogen and oxygen atoms in total. The lowest BCUT2D eigenvalue weighted by atomic mass is 10.2. The van der Waals surface area contributed by atoms with Crippen LogP contribution < -0.4 is 5.32 Å². The van der Waals surface area contributed by atoms with E-state index in [1.54, 1.807) is 18.5 Å². The van der Waals surface area contributed by atoms with Crippen LogP contribution in [0.4, 0.5) is 11.8 Å². The first kappa shape index (κ1) is 9.72. The van der Waals surface area contributed by atoms with Gasteiger partial charge in [0, 0.05) is 17.8 Å². The van der Waals surface area contributed by atoms with Gasteiger partial charge < -0.3 is 5.32 Å². The molecular formula is C13H10N4. The number of benzene rings is 1. The zero-order valence-corrected chi connectivity index (χ0v) is 9.04. The van der Waals surface area contributed by atoms with E-state index in [0.29, 0.717) is 5.95 Å². The number of nitrogens with zero attached hydrogens (tertiary/aromatic N) is 3. The maximum Gasteiger partial charge on any atom is 0.228 e. The molecule has 2 aromatic heterocycles. The fourth-order valence-corrected chi connectivity index (χ4v) is 1.61. The Balaban J connectivity index is 1.96. The monoisotopic (exact) mass is 222 g/mol. The molecule has 0 saturated heterocycles. The van der Waals surface area contributed by atoms with Crippen molar-refractivity contribution < 1.29 is 0 Å². The zero-order valence-electron chi connectivity index (χ0n) is 9.04. The Kier molecular flexibility index (Phi) is 2.38. The van der Waals surface area contributed by atoms with Gasteiger partial charge in [0.15, 0.2) is 0 Å². The van der Waals surface area contributed by atoms with E-state index in [2.05, 4.69) is 20.3 Å². The predicted molar refractivity (Wildman–Crippen MR) is 67.1 cm³/mol. The molecule has 3 aromatic rings. The number of hydrogen-bond donors (Lipinski definition) is 1. The van der Waals surface area contributed by atoms with E-state index in [9.17, 15) is 0 Å². The van der Waals surface area contributed by atoms with E-state index >= 15 is 0 Å². The van der Waals surface area contributed by atoms with Crippen molar-refractivity contribution in [1.82, 2.24) is 15.0 Å². The molecule has 0 fully saturated rings. The van der Waals surface area contributed by atoms with Crippen LogP contribution >= 0.6 is 0 Å². The van der Waals surface area contributed by atoms with Crippen LogP contribution in [0.5, 0.6) is 0 Å². The minimum absolute atomic E-state index is 0.551. The molecule has 0 saturated carbocycles. The lowest BCUT2D eigenvalue weighted by molar-refractivity contribution is 1.15. The summed E-state index contributed by atoms with van der Waals surface area (Å²) in [6.45, 7) is 0. The van der Waals surface area contributed by atoms with E-state index < -0.39 is 0 Å². The van der Waals surface area contributed by atoms with Gasteiger partial charge in [0.05, 0.1) is 5.52 Å². The van der Waals surface area contributed by atoms with Crippen molar-refractivity contribution in [2.24, 2.45) is 0 Å². The van der Waals surface area contributed by atoms with Crippen molar-refractivity contribution in [3.8, 4) is 0 Å². The van der Waals surface area contributed by atoms with Crippen molar-refractivity contribution >= 4 is 22.7 Å². The van der Waals surface area contributed by atoms with Crippen LogP contribution in [0.1, 0.15) is 0 Å². The molecule has 0 unspecified atom stereocenters. The van der Waals surface area contributed by atoms with Crippen LogP contribution in [0.3, 0.4) is 0 Å². The van der Waals surface area contributed by atoms with E-state index in [-0.39, 0.29) is 0 Å². The molecule has 0 aliphatic heterocycles. The van der Waals surface area contributed by atoms with Crippen LogP contribution in [0.2, 0.25) is 0 Å². The van der Waals surface area contributed by atoms with Crippen molar-refractivity contribution in [2.75, 3.05) is 5.32 Å². The molecule has 0 radical (unpaired) electrons. The summed E-state index contributed by atoms with van der Waals surface area (Å²) in [7, 11) is 0. The molecule has 17 heavy (non-hydrogen) atoms. The Morgan fingerprint density at radius 1 is 0.824 bits per heavy atom. The average molecular weight is 222 g/mol. The second-order valence-corrected chi connectivity index (χ2v) is 3.59. The highest BCUT2D eigenvalue weighted by Crippen LogP contribution is 2.16. The van der Waals surface area contributed by atoms with Crippen LogP contribution in [0.15, 0.2) is 54.9 Å². The third-order valence-electron chi connectivity index (χ3n) is 2.40. The Labute approximate surface area is 98.4 Å². The van der Waals surface area contributed by atoms with Crippen molar-refractivity contribution in [3.05, 3.63) is 54.9 Å². The second kappa shape index (κ2) is 4.17. The first-order chi connectivity index (χ1) is 8.42. The normalized spacial score (nSPS) is 10.4. The molecule has 0 bridgehead atoms. The predicted octanol–water partition coefficient (Wildman–Crippen LogP) is 2.77. The standard InChI is InChI=1S/C13H10N4/c1-2-5-11-10(4-1)6-7-12(16-11)17-13-14-8-3-9-15-13/h1-9H,(H,14,15,16,17). The summed E-state index contributed by atoms with van der Waals surface area (Å²) in [5, 5.41) is 4.18. The van der Waals surface area contributed by atoms with Crippen molar-refractivity contribution in [3.63, 3.8) is 0 Å². The quantitative estimate of drug-likeness (QED) is 0.724. The van der Waals surface area contributed by atoms with E-state index in [1.165, 1.54) is 0 Å². The van der Waals surface area contributed by atoms with Crippen LogP contribution in [0.25, 0.3) is 10.9 Å². The summed E-state index contributed by atoms with van der Waals surface area (Å²) in [5.74, 6) is 1.30. The minimum atomic E-state index is 0.551. The third-order valence-corrected chi connectivity index (χ3v) is 2.40. The Morgan fingerprint density at radius 3 is 2.53 bits per heavy atom. The molecule has 3 rings (SSSR count). The molecule has 1 aromatic carbocycles. The fraction of sp³-hybridized carbons (Fsp3) is 0. The summed E-state index contributed by atoms with van der Waals surface area (Å²) in [5.41, 5.74) is 0.952. The van der Waals surface area contributed by atoms with Gasteiger partial charge in [-0.25, -0.2) is 15.0 Å². The van der Waals surface area contributed by atoms with Gasteiger partial charge in [-0.1, -0.05) is 18.2 Å². The molecule has 0 atom stereocenters. The van der Waals surface area contributed by atoms with Crippen LogP contribution in [-0.2, 0) is 0 Å². The summed E-state index contributed by atoms with van der Waals surface area (Å²) in [4.78, 5) is 12.7. The highest BCUT2D eigenvalue weighted by Gasteiger charge is 1.99. The number of nitrogens with one attached hydrogen (secondary N) is 1. The summed E-state index contributed by atoms with van der Waals surface area (Å²) >= 11 is 0. The van der Waals surface area contributed by atoms with E-state index in [4.69, 9.17) is 0 Å². The topological polar surface area (TPSA) is 50.7 Å². The molecule has 0 amide bonds. The van der Waals surface area contributed by atoms with Gasteiger partial charge in [-0.2, -0.15) is 0 Å². The number of hydrogen-bond acceptors (Lipinski definition) is 4. The van der Waals surface area contributed by atoms with Crippen LogP contribution in [-0.4, -0.2) is 15.0 Å². The van der Waals surface area contributed by atoms with Crippen molar-refractivity contribution in [1.29, 1.82) is 0 Å². The molecule has 0 aliphatic rings. The number of rotatable bonds is 2. The molecule has 4 heteroatoms. The summed E-state index contributed by atoms with van der Waals surface area (Å²) in [6, 6.07) is 13.7. The fourth-order valence-electron chi connectivity index (χ4n) is 1.61. The third kappa shape index (κ3) is 2.06. The number of fused-ring (bicyclic) bond motifs is 1. The Bertz CT molecular complexity index is 637. The van der Waals surface area contributed by atoms with Crippen LogP contribution in [0, 0.1) is 0 Å². The van der Waals surface area contributed by atoms with E-state index in [1.807, 2.05) is 36.4 Å². The Hall–Kier alpha value is -2.49. The highest BCUT2D eigenvalue weighted by molar-refractivity contribution is 5.80. The number of anilines is 2. The van der Waals surface area contributed by atoms with Gasteiger partial charge in [-0.05, 0) is 24.3 Å². The first-order valence-electron chi connectivity index (χ1n) is 5.32. The average Bonchev–Trinajstić information content (AvgIpc) is 2.40. The smallest absolute Gasteiger partial charge is 0.228 e. The molecule has 0 spiro atoms. The number of para-hydroxylation sites is 1. The lowest BCUT2D eigenvalue weighted by Gasteiger charge is -2.04. The second-order valence-electron chi connectivity index (χ2n) is 3.59. The van der Waals surface area contributed by atoms with Crippen molar-refractivity contribution in [2.45, 2.75) is 0 Å². The van der Waals surface area contributed by atoms with Gasteiger partial charge in [-0.3, -0.25) is 0 Å². The maximum absolute atomic E-state index is 4.48. The zero-order chi connectivity index (χ0) is 11.5. The van der Waals surface area contributed by atoms with Gasteiger partial charge in [0.2, 0.25) is 5.95 Å². The van der Waals surface area contributed by atoms with E-state index in [0.717, 1.165) is 16.7 Å². The molecular weight excluding hydrogens is 212 g/mol. The van der Waals surface area contributed by atoms with Gasteiger partial charge in [0.25, 0.3) is 0 Å². The molecule has 82 valence electrons. The number of aromatic nitrogens is 3. The first-order valence-corrected chi connectivity index (χ1v) is 5.32. The maximum atomic E-state index is 4.48. The minimum Gasteiger partial charge on any atom is -0.309 e. The summed E-state index contributed by atoms with van der Waals surface area (Å²) < 4.78 is 0. The largest absolute Gasteiger partial charge is 0.309 e.